The predicted molar refractivity (Wildman–Crippen MR) is 78.0 cm³/mol. The van der Waals surface area contributed by atoms with Gasteiger partial charge >= 0.3 is 0 Å². The molecule has 0 saturated carbocycles. The van der Waals surface area contributed by atoms with Crippen molar-refractivity contribution in [1.82, 2.24) is 5.32 Å². The van der Waals surface area contributed by atoms with Crippen LogP contribution in [0.25, 0.3) is 0 Å². The first kappa shape index (κ1) is 14.9. The Hall–Kier alpha value is -1.46. The molecule has 2 aromatic rings. The molecule has 1 N–H and O–H groups in total. The van der Waals surface area contributed by atoms with Crippen LogP contribution < -0.4 is 10.1 Å². The second-order valence-electron chi connectivity index (χ2n) is 4.22. The molecule has 0 amide bonds. The van der Waals surface area contributed by atoms with Crippen molar-refractivity contribution in [1.29, 1.82) is 0 Å². The SMILES string of the molecule is CCNCc1ccc(Oc2ccc(F)cc2F)c(Br)c1. The molecule has 2 nitrogen and oxygen atoms in total. The van der Waals surface area contributed by atoms with Gasteiger partial charge in [-0.1, -0.05) is 13.0 Å². The molecule has 0 aliphatic carbocycles. The molecule has 106 valence electrons. The van der Waals surface area contributed by atoms with E-state index in [1.807, 2.05) is 19.1 Å². The van der Waals surface area contributed by atoms with Crippen LogP contribution in [0.3, 0.4) is 0 Å². The highest BCUT2D eigenvalue weighted by Gasteiger charge is 2.09. The molecular formula is C15H14BrF2NO. The Morgan fingerprint density at radius 2 is 1.85 bits per heavy atom. The fourth-order valence-electron chi connectivity index (χ4n) is 1.68. The molecule has 0 heterocycles. The van der Waals surface area contributed by atoms with Gasteiger partial charge < -0.3 is 10.1 Å². The predicted octanol–water partition coefficient (Wildman–Crippen LogP) is 4.63. The standard InChI is InChI=1S/C15H14BrF2NO/c1-2-19-9-10-3-5-14(12(16)7-10)20-15-6-4-11(17)8-13(15)18/h3-8,19H,2,9H2,1H3. The molecular weight excluding hydrogens is 328 g/mol. The molecule has 0 atom stereocenters. The molecule has 0 aliphatic heterocycles. The Kier molecular flexibility index (Phi) is 5.09. The summed E-state index contributed by atoms with van der Waals surface area (Å²) in [7, 11) is 0. The number of halogens is 3. The van der Waals surface area contributed by atoms with Gasteiger partial charge in [0, 0.05) is 12.6 Å². The molecule has 0 spiro atoms. The van der Waals surface area contributed by atoms with E-state index in [2.05, 4.69) is 21.2 Å². The summed E-state index contributed by atoms with van der Waals surface area (Å²) in [6, 6.07) is 8.77. The average molecular weight is 342 g/mol. The number of hydrogen-bond acceptors (Lipinski definition) is 2. The van der Waals surface area contributed by atoms with Crippen molar-refractivity contribution in [3.63, 3.8) is 0 Å². The van der Waals surface area contributed by atoms with E-state index < -0.39 is 11.6 Å². The minimum atomic E-state index is -0.728. The summed E-state index contributed by atoms with van der Waals surface area (Å²) in [5.41, 5.74) is 1.09. The maximum atomic E-state index is 13.5. The zero-order valence-corrected chi connectivity index (χ0v) is 12.5. The largest absolute Gasteiger partial charge is 0.453 e. The van der Waals surface area contributed by atoms with Crippen molar-refractivity contribution in [3.05, 3.63) is 58.1 Å². The van der Waals surface area contributed by atoms with Crippen LogP contribution in [0.15, 0.2) is 40.9 Å². The zero-order chi connectivity index (χ0) is 14.5. The Balaban J connectivity index is 2.17. The lowest BCUT2D eigenvalue weighted by molar-refractivity contribution is 0.435. The molecule has 0 saturated heterocycles. The van der Waals surface area contributed by atoms with Gasteiger partial charge in [-0.25, -0.2) is 8.78 Å². The van der Waals surface area contributed by atoms with Crippen molar-refractivity contribution in [2.45, 2.75) is 13.5 Å². The van der Waals surface area contributed by atoms with E-state index in [1.165, 1.54) is 6.07 Å². The highest BCUT2D eigenvalue weighted by Crippen LogP contribution is 2.32. The average Bonchev–Trinajstić information content (AvgIpc) is 2.42. The van der Waals surface area contributed by atoms with Crippen LogP contribution in [0.5, 0.6) is 11.5 Å². The van der Waals surface area contributed by atoms with E-state index in [-0.39, 0.29) is 5.75 Å². The lowest BCUT2D eigenvalue weighted by atomic mass is 10.2. The Labute approximate surface area is 124 Å². The number of hydrogen-bond donors (Lipinski definition) is 1. The van der Waals surface area contributed by atoms with Gasteiger partial charge in [0.05, 0.1) is 4.47 Å². The Morgan fingerprint density at radius 1 is 1.10 bits per heavy atom. The fraction of sp³-hybridized carbons (Fsp3) is 0.200. The van der Waals surface area contributed by atoms with E-state index >= 15 is 0 Å². The van der Waals surface area contributed by atoms with E-state index in [4.69, 9.17) is 4.74 Å². The van der Waals surface area contributed by atoms with Crippen molar-refractivity contribution >= 4 is 15.9 Å². The molecule has 0 radical (unpaired) electrons. The van der Waals surface area contributed by atoms with Crippen LogP contribution in [0.4, 0.5) is 8.78 Å². The third-order valence-corrected chi connectivity index (χ3v) is 3.31. The van der Waals surface area contributed by atoms with Crippen LogP contribution in [0.2, 0.25) is 0 Å². The summed E-state index contributed by atoms with van der Waals surface area (Å²) in [6.45, 7) is 3.67. The van der Waals surface area contributed by atoms with Gasteiger partial charge in [-0.2, -0.15) is 0 Å². The summed E-state index contributed by atoms with van der Waals surface area (Å²) >= 11 is 3.39. The summed E-state index contributed by atoms with van der Waals surface area (Å²) in [5.74, 6) is -0.884. The van der Waals surface area contributed by atoms with Gasteiger partial charge in [-0.3, -0.25) is 0 Å². The molecule has 0 aliphatic rings. The summed E-state index contributed by atoms with van der Waals surface area (Å²) in [4.78, 5) is 0. The van der Waals surface area contributed by atoms with Gasteiger partial charge in [0.1, 0.15) is 11.6 Å². The second-order valence-corrected chi connectivity index (χ2v) is 5.08. The monoisotopic (exact) mass is 341 g/mol. The van der Waals surface area contributed by atoms with E-state index in [0.717, 1.165) is 35.3 Å². The van der Waals surface area contributed by atoms with E-state index in [1.54, 1.807) is 6.07 Å². The van der Waals surface area contributed by atoms with E-state index in [0.29, 0.717) is 5.75 Å². The third-order valence-electron chi connectivity index (χ3n) is 2.69. The number of nitrogens with one attached hydrogen (secondary N) is 1. The first-order chi connectivity index (χ1) is 9.60. The van der Waals surface area contributed by atoms with Crippen LogP contribution in [-0.4, -0.2) is 6.54 Å². The molecule has 0 aromatic heterocycles. The Morgan fingerprint density at radius 3 is 2.50 bits per heavy atom. The summed E-state index contributed by atoms with van der Waals surface area (Å²) in [6.07, 6.45) is 0. The molecule has 20 heavy (non-hydrogen) atoms. The van der Waals surface area contributed by atoms with Crippen molar-refractivity contribution < 1.29 is 13.5 Å². The summed E-state index contributed by atoms with van der Waals surface area (Å²) < 4.78 is 32.5. The van der Waals surface area contributed by atoms with Gasteiger partial charge in [-0.05, 0) is 52.3 Å². The minimum absolute atomic E-state index is 0.00784. The quantitative estimate of drug-likeness (QED) is 0.856. The van der Waals surface area contributed by atoms with E-state index in [9.17, 15) is 8.78 Å². The molecule has 0 bridgehead atoms. The maximum absolute atomic E-state index is 13.5. The van der Waals surface area contributed by atoms with Crippen LogP contribution in [0, 0.1) is 11.6 Å². The first-order valence-corrected chi connectivity index (χ1v) is 7.01. The smallest absolute Gasteiger partial charge is 0.168 e. The molecule has 0 unspecified atom stereocenters. The van der Waals surface area contributed by atoms with Crippen LogP contribution in [0.1, 0.15) is 12.5 Å². The number of ether oxygens (including phenoxy) is 1. The normalized spacial score (nSPS) is 10.6. The number of rotatable bonds is 5. The Bertz CT molecular complexity index is 604. The minimum Gasteiger partial charge on any atom is -0.453 e. The highest BCUT2D eigenvalue weighted by atomic mass is 79.9. The lowest BCUT2D eigenvalue weighted by Gasteiger charge is -2.10. The maximum Gasteiger partial charge on any atom is 0.168 e. The van der Waals surface area contributed by atoms with Crippen molar-refractivity contribution in [3.8, 4) is 11.5 Å². The van der Waals surface area contributed by atoms with Gasteiger partial charge in [0.15, 0.2) is 11.6 Å². The molecule has 0 fully saturated rings. The fourth-order valence-corrected chi connectivity index (χ4v) is 2.19. The highest BCUT2D eigenvalue weighted by molar-refractivity contribution is 9.10. The van der Waals surface area contributed by atoms with Crippen LogP contribution >= 0.6 is 15.9 Å². The second kappa shape index (κ2) is 6.81. The number of benzene rings is 2. The first-order valence-electron chi connectivity index (χ1n) is 6.22. The third kappa shape index (κ3) is 3.77. The van der Waals surface area contributed by atoms with Gasteiger partial charge in [0.2, 0.25) is 0 Å². The molecule has 2 aromatic carbocycles. The topological polar surface area (TPSA) is 21.3 Å². The van der Waals surface area contributed by atoms with Crippen LogP contribution in [-0.2, 0) is 6.54 Å². The van der Waals surface area contributed by atoms with Gasteiger partial charge in [0.25, 0.3) is 0 Å². The van der Waals surface area contributed by atoms with Crippen molar-refractivity contribution in [2.24, 2.45) is 0 Å². The zero-order valence-electron chi connectivity index (χ0n) is 10.9. The van der Waals surface area contributed by atoms with Crippen molar-refractivity contribution in [2.75, 3.05) is 6.54 Å². The van der Waals surface area contributed by atoms with Gasteiger partial charge in [-0.15, -0.1) is 0 Å². The lowest BCUT2D eigenvalue weighted by Crippen LogP contribution is -2.11. The molecule has 2 rings (SSSR count). The molecule has 5 heteroatoms. The summed E-state index contributed by atoms with van der Waals surface area (Å²) in [5, 5.41) is 3.21.